The first-order valence-corrected chi connectivity index (χ1v) is 9.35. The highest BCUT2D eigenvalue weighted by Crippen LogP contribution is 2.30. The number of rotatable bonds is 4. The monoisotopic (exact) mass is 387 g/mol. The summed E-state index contributed by atoms with van der Waals surface area (Å²) in [6, 6.07) is 16.6. The standard InChI is InChI=1S/C23H21N3O3/c1-15-20(22(27)26(24-15)18-9-5-4-6-10-18)13-17-14-25(16(2)23(28)29-3)21-12-8-7-11-19(17)21/h4-14,16H,1-3H3/b20-13-. The van der Waals surface area contributed by atoms with Crippen LogP contribution >= 0.6 is 0 Å². The van der Waals surface area contributed by atoms with Gasteiger partial charge >= 0.3 is 5.97 Å². The number of nitrogens with zero attached hydrogens (tertiary/aromatic N) is 3. The molecule has 4 rings (SSSR count). The van der Waals surface area contributed by atoms with Gasteiger partial charge in [-0.2, -0.15) is 10.1 Å². The Labute approximate surface area is 168 Å². The first kappa shape index (κ1) is 18.7. The minimum atomic E-state index is -0.480. The van der Waals surface area contributed by atoms with Crippen molar-refractivity contribution >= 4 is 40.3 Å². The van der Waals surface area contributed by atoms with Gasteiger partial charge < -0.3 is 9.30 Å². The number of methoxy groups -OCH3 is 1. The van der Waals surface area contributed by atoms with E-state index in [0.29, 0.717) is 11.3 Å². The number of hydrogen-bond acceptors (Lipinski definition) is 4. The summed E-state index contributed by atoms with van der Waals surface area (Å²) in [6.45, 7) is 3.61. The minimum Gasteiger partial charge on any atom is -0.467 e. The molecule has 0 aliphatic carbocycles. The number of amides is 1. The molecule has 6 heteroatoms. The highest BCUT2D eigenvalue weighted by atomic mass is 16.5. The van der Waals surface area contributed by atoms with Gasteiger partial charge in [0.2, 0.25) is 0 Å². The number of fused-ring (bicyclic) bond motifs is 1. The second-order valence-corrected chi connectivity index (χ2v) is 6.90. The third-order valence-corrected chi connectivity index (χ3v) is 5.09. The quantitative estimate of drug-likeness (QED) is 0.498. The number of ether oxygens (including phenoxy) is 1. The molecule has 1 amide bonds. The van der Waals surface area contributed by atoms with E-state index in [1.807, 2.05) is 78.4 Å². The molecule has 0 spiro atoms. The largest absolute Gasteiger partial charge is 0.467 e. The lowest BCUT2D eigenvalue weighted by Gasteiger charge is -2.12. The van der Waals surface area contributed by atoms with Crippen molar-refractivity contribution in [2.45, 2.75) is 19.9 Å². The lowest BCUT2D eigenvalue weighted by Crippen LogP contribution is -2.21. The van der Waals surface area contributed by atoms with E-state index >= 15 is 0 Å². The summed E-state index contributed by atoms with van der Waals surface area (Å²) in [6.07, 6.45) is 3.72. The van der Waals surface area contributed by atoms with Crippen LogP contribution in [0.3, 0.4) is 0 Å². The van der Waals surface area contributed by atoms with E-state index in [4.69, 9.17) is 4.74 Å². The van der Waals surface area contributed by atoms with Crippen molar-refractivity contribution in [2.75, 3.05) is 12.1 Å². The van der Waals surface area contributed by atoms with Gasteiger partial charge in [-0.05, 0) is 38.1 Å². The van der Waals surface area contributed by atoms with Crippen molar-refractivity contribution in [3.8, 4) is 0 Å². The van der Waals surface area contributed by atoms with Crippen molar-refractivity contribution in [1.29, 1.82) is 0 Å². The molecule has 146 valence electrons. The normalized spacial score (nSPS) is 16.4. The number of hydrazone groups is 1. The van der Waals surface area contributed by atoms with Gasteiger partial charge in [0, 0.05) is 22.7 Å². The molecule has 0 N–H and O–H groups in total. The summed E-state index contributed by atoms with van der Waals surface area (Å²) in [7, 11) is 1.38. The maximum absolute atomic E-state index is 13.0. The number of carbonyl (C=O) groups excluding carboxylic acids is 2. The molecular formula is C23H21N3O3. The average molecular weight is 387 g/mol. The van der Waals surface area contributed by atoms with E-state index in [-0.39, 0.29) is 11.9 Å². The molecule has 1 aromatic heterocycles. The molecule has 2 aromatic carbocycles. The second-order valence-electron chi connectivity index (χ2n) is 6.90. The van der Waals surface area contributed by atoms with Crippen molar-refractivity contribution in [3.63, 3.8) is 0 Å². The van der Waals surface area contributed by atoms with Gasteiger partial charge in [0.1, 0.15) is 6.04 Å². The fraction of sp³-hybridized carbons (Fsp3) is 0.174. The van der Waals surface area contributed by atoms with E-state index in [2.05, 4.69) is 5.10 Å². The van der Waals surface area contributed by atoms with E-state index in [0.717, 1.165) is 22.2 Å². The van der Waals surface area contributed by atoms with Crippen molar-refractivity contribution < 1.29 is 14.3 Å². The summed E-state index contributed by atoms with van der Waals surface area (Å²) in [5.74, 6) is -0.499. The van der Waals surface area contributed by atoms with Gasteiger partial charge in [0.05, 0.1) is 24.1 Å². The van der Waals surface area contributed by atoms with Gasteiger partial charge in [-0.25, -0.2) is 4.79 Å². The van der Waals surface area contributed by atoms with Crippen LogP contribution in [0.2, 0.25) is 0 Å². The number of carbonyl (C=O) groups is 2. The van der Waals surface area contributed by atoms with Crippen LogP contribution < -0.4 is 5.01 Å². The Morgan fingerprint density at radius 2 is 1.79 bits per heavy atom. The molecule has 0 fully saturated rings. The Hall–Kier alpha value is -3.67. The molecule has 0 radical (unpaired) electrons. The molecule has 1 aliphatic rings. The van der Waals surface area contributed by atoms with Crippen LogP contribution in [0.1, 0.15) is 25.5 Å². The van der Waals surface area contributed by atoms with Gasteiger partial charge in [-0.15, -0.1) is 0 Å². The zero-order valence-electron chi connectivity index (χ0n) is 16.5. The molecule has 3 aromatic rings. The van der Waals surface area contributed by atoms with Crippen LogP contribution in [-0.2, 0) is 14.3 Å². The third-order valence-electron chi connectivity index (χ3n) is 5.09. The van der Waals surface area contributed by atoms with Crippen LogP contribution in [0.4, 0.5) is 5.69 Å². The minimum absolute atomic E-state index is 0.174. The van der Waals surface area contributed by atoms with Crippen molar-refractivity contribution in [3.05, 3.63) is 71.9 Å². The summed E-state index contributed by atoms with van der Waals surface area (Å²) >= 11 is 0. The van der Waals surface area contributed by atoms with Gasteiger partial charge in [-0.1, -0.05) is 36.4 Å². The maximum atomic E-state index is 13.0. The number of esters is 1. The number of para-hydroxylation sites is 2. The zero-order valence-corrected chi connectivity index (χ0v) is 16.5. The van der Waals surface area contributed by atoms with E-state index < -0.39 is 6.04 Å². The number of aromatic nitrogens is 1. The highest BCUT2D eigenvalue weighted by Gasteiger charge is 2.29. The molecule has 29 heavy (non-hydrogen) atoms. The predicted octanol–water partition coefficient (Wildman–Crippen LogP) is 4.18. The smallest absolute Gasteiger partial charge is 0.328 e. The number of anilines is 1. The Morgan fingerprint density at radius 1 is 1.10 bits per heavy atom. The fourth-order valence-electron chi connectivity index (χ4n) is 3.54. The Morgan fingerprint density at radius 3 is 2.52 bits per heavy atom. The highest BCUT2D eigenvalue weighted by molar-refractivity contribution is 6.32. The SMILES string of the molecule is COC(=O)C(C)n1cc(/C=C2\C(=O)N(c3ccccc3)N=C2C)c2ccccc21. The predicted molar refractivity (Wildman–Crippen MR) is 114 cm³/mol. The summed E-state index contributed by atoms with van der Waals surface area (Å²) < 4.78 is 6.77. The molecule has 0 saturated heterocycles. The average Bonchev–Trinajstić information content (AvgIpc) is 3.26. The molecule has 0 saturated carbocycles. The first-order valence-electron chi connectivity index (χ1n) is 9.35. The Kier molecular flexibility index (Phi) is 4.76. The lowest BCUT2D eigenvalue weighted by molar-refractivity contribution is -0.143. The van der Waals surface area contributed by atoms with Gasteiger partial charge in [-0.3, -0.25) is 4.79 Å². The van der Waals surface area contributed by atoms with Gasteiger partial charge in [0.15, 0.2) is 0 Å². The molecule has 1 atom stereocenters. The molecule has 1 aliphatic heterocycles. The first-order chi connectivity index (χ1) is 14.0. The van der Waals surface area contributed by atoms with Crippen molar-refractivity contribution in [1.82, 2.24) is 4.57 Å². The Balaban J connectivity index is 1.78. The fourth-order valence-corrected chi connectivity index (χ4v) is 3.54. The zero-order chi connectivity index (χ0) is 20.5. The summed E-state index contributed by atoms with van der Waals surface area (Å²) in [5.41, 5.74) is 3.66. The number of hydrogen-bond donors (Lipinski definition) is 0. The topological polar surface area (TPSA) is 63.9 Å². The summed E-state index contributed by atoms with van der Waals surface area (Å²) in [5, 5.41) is 6.80. The molecule has 0 bridgehead atoms. The van der Waals surface area contributed by atoms with E-state index in [9.17, 15) is 9.59 Å². The second kappa shape index (κ2) is 7.39. The lowest BCUT2D eigenvalue weighted by atomic mass is 10.1. The molecular weight excluding hydrogens is 366 g/mol. The summed E-state index contributed by atoms with van der Waals surface area (Å²) in [4.78, 5) is 25.1. The van der Waals surface area contributed by atoms with Crippen LogP contribution in [0, 0.1) is 0 Å². The van der Waals surface area contributed by atoms with Gasteiger partial charge in [0.25, 0.3) is 5.91 Å². The van der Waals surface area contributed by atoms with E-state index in [1.165, 1.54) is 12.1 Å². The third kappa shape index (κ3) is 3.23. The maximum Gasteiger partial charge on any atom is 0.328 e. The van der Waals surface area contributed by atoms with Crippen molar-refractivity contribution in [2.24, 2.45) is 5.10 Å². The van der Waals surface area contributed by atoms with E-state index in [1.54, 1.807) is 6.92 Å². The van der Waals surface area contributed by atoms with Crippen LogP contribution in [0.25, 0.3) is 17.0 Å². The molecule has 2 heterocycles. The number of benzene rings is 2. The Bertz CT molecular complexity index is 1160. The molecule has 6 nitrogen and oxygen atoms in total. The van der Waals surface area contributed by atoms with Crippen LogP contribution in [-0.4, -0.2) is 29.3 Å². The van der Waals surface area contributed by atoms with Crippen LogP contribution in [0.5, 0.6) is 0 Å². The molecule has 1 unspecified atom stereocenters. The van der Waals surface area contributed by atoms with Crippen LogP contribution in [0.15, 0.2) is 71.5 Å².